The molecule has 1 unspecified atom stereocenters. The smallest absolute Gasteiger partial charge is 0.449 e. The number of benzene rings is 1. The molecule has 138 valence electrons. The van der Waals surface area contributed by atoms with Gasteiger partial charge >= 0.3 is 6.16 Å². The number of hydrogen-bond donors (Lipinski definition) is 1. The first-order valence-corrected chi connectivity index (χ1v) is 9.72. The summed E-state index contributed by atoms with van der Waals surface area (Å²) in [5.74, 6) is 0.0731. The third-order valence-electron chi connectivity index (χ3n) is 4.60. The number of carbonyl (C=O) groups excluding carboxylic acids is 1. The Morgan fingerprint density at radius 1 is 1.35 bits per heavy atom. The largest absolute Gasteiger partial charge is 0.512 e. The lowest BCUT2D eigenvalue weighted by atomic mass is 9.89. The van der Waals surface area contributed by atoms with Gasteiger partial charge in [0.05, 0.1) is 11.4 Å². The summed E-state index contributed by atoms with van der Waals surface area (Å²) in [6.45, 7) is 2.07. The maximum Gasteiger partial charge on any atom is 0.512 e. The van der Waals surface area contributed by atoms with E-state index >= 15 is 0 Å². The lowest BCUT2D eigenvalue weighted by Gasteiger charge is -2.42. The van der Waals surface area contributed by atoms with Crippen molar-refractivity contribution in [3.8, 4) is 5.88 Å². The summed E-state index contributed by atoms with van der Waals surface area (Å²) in [6.07, 6.45) is 3.38. The Hall–Kier alpha value is -2.41. The first kappa shape index (κ1) is 18.4. The minimum absolute atomic E-state index is 0.00431. The molecule has 0 bridgehead atoms. The van der Waals surface area contributed by atoms with Crippen molar-refractivity contribution >= 4 is 23.4 Å². The van der Waals surface area contributed by atoms with Crippen molar-refractivity contribution < 1.29 is 19.4 Å². The number of amides is 1. The van der Waals surface area contributed by atoms with Gasteiger partial charge in [-0.25, -0.2) is 9.78 Å². The van der Waals surface area contributed by atoms with E-state index in [2.05, 4.69) is 16.6 Å². The van der Waals surface area contributed by atoms with E-state index in [1.54, 1.807) is 5.38 Å². The van der Waals surface area contributed by atoms with Crippen LogP contribution in [0.2, 0.25) is 0 Å². The molecule has 1 amide bonds. The summed E-state index contributed by atoms with van der Waals surface area (Å²) >= 11 is 1.34. The van der Waals surface area contributed by atoms with E-state index in [4.69, 9.17) is 5.11 Å². The lowest BCUT2D eigenvalue weighted by molar-refractivity contribution is 0.0416. The van der Waals surface area contributed by atoms with Crippen molar-refractivity contribution in [3.63, 3.8) is 0 Å². The van der Waals surface area contributed by atoms with Gasteiger partial charge in [0.15, 0.2) is 0 Å². The molecular formula is C19H22N2O4S. The second kappa shape index (κ2) is 8.31. The van der Waals surface area contributed by atoms with E-state index in [9.17, 15) is 9.59 Å². The molecule has 1 N–H and O–H groups in total. The van der Waals surface area contributed by atoms with Gasteiger partial charge in [0.1, 0.15) is 5.01 Å². The van der Waals surface area contributed by atoms with E-state index in [0.29, 0.717) is 5.56 Å². The fourth-order valence-electron chi connectivity index (χ4n) is 3.17. The zero-order chi connectivity index (χ0) is 18.5. The van der Waals surface area contributed by atoms with Crippen LogP contribution in [0.25, 0.3) is 0 Å². The van der Waals surface area contributed by atoms with Gasteiger partial charge in [-0.1, -0.05) is 31.5 Å². The summed E-state index contributed by atoms with van der Waals surface area (Å²) < 4.78 is 4.66. The Bertz CT molecular complexity index is 758. The van der Waals surface area contributed by atoms with Crippen LogP contribution in [0.15, 0.2) is 35.7 Å². The summed E-state index contributed by atoms with van der Waals surface area (Å²) in [4.78, 5) is 30.3. The molecule has 1 aromatic heterocycles. The number of carboxylic acid groups (broad SMARTS) is 1. The van der Waals surface area contributed by atoms with Crippen LogP contribution in [0.1, 0.15) is 60.4 Å². The molecule has 1 fully saturated rings. The predicted molar refractivity (Wildman–Crippen MR) is 98.7 cm³/mol. The van der Waals surface area contributed by atoms with Crippen molar-refractivity contribution in [2.45, 2.75) is 51.1 Å². The predicted octanol–water partition coefficient (Wildman–Crippen LogP) is 4.74. The van der Waals surface area contributed by atoms with E-state index in [1.807, 2.05) is 35.2 Å². The van der Waals surface area contributed by atoms with Crippen molar-refractivity contribution in [2.75, 3.05) is 0 Å². The first-order chi connectivity index (χ1) is 12.6. The Balaban J connectivity index is 1.91. The van der Waals surface area contributed by atoms with Gasteiger partial charge in [-0.3, -0.25) is 4.79 Å². The summed E-state index contributed by atoms with van der Waals surface area (Å²) in [5, 5.41) is 11.1. The highest BCUT2D eigenvalue weighted by Crippen LogP contribution is 2.38. The molecule has 3 rings (SSSR count). The van der Waals surface area contributed by atoms with Crippen LogP contribution < -0.4 is 4.74 Å². The molecule has 0 aliphatic heterocycles. The van der Waals surface area contributed by atoms with Gasteiger partial charge in [0.2, 0.25) is 5.88 Å². The van der Waals surface area contributed by atoms with Crippen molar-refractivity contribution in [1.82, 2.24) is 9.88 Å². The highest BCUT2D eigenvalue weighted by Gasteiger charge is 2.36. The Labute approximate surface area is 156 Å². The highest BCUT2D eigenvalue weighted by molar-refractivity contribution is 7.09. The van der Waals surface area contributed by atoms with Gasteiger partial charge in [0.25, 0.3) is 5.91 Å². The SMILES string of the molecule is CCCC(c1nc(OC(=O)O)cs1)N(C(=O)c1ccccc1)C1CCC1. The van der Waals surface area contributed by atoms with Crippen LogP contribution >= 0.6 is 11.3 Å². The number of nitrogens with zero attached hydrogens (tertiary/aromatic N) is 2. The van der Waals surface area contributed by atoms with Crippen molar-refractivity contribution in [1.29, 1.82) is 0 Å². The summed E-state index contributed by atoms with van der Waals surface area (Å²) in [5.41, 5.74) is 0.666. The minimum atomic E-state index is -1.38. The van der Waals surface area contributed by atoms with Crippen LogP contribution in [0.4, 0.5) is 4.79 Å². The number of carbonyl (C=O) groups is 2. The minimum Gasteiger partial charge on any atom is -0.449 e. The normalized spacial score (nSPS) is 15.1. The molecule has 1 atom stereocenters. The summed E-state index contributed by atoms with van der Waals surface area (Å²) in [7, 11) is 0. The average Bonchev–Trinajstić information content (AvgIpc) is 3.04. The molecule has 0 spiro atoms. The first-order valence-electron chi connectivity index (χ1n) is 8.84. The fourth-order valence-corrected chi connectivity index (χ4v) is 4.03. The molecule has 7 heteroatoms. The third kappa shape index (κ3) is 4.04. The van der Waals surface area contributed by atoms with Crippen LogP contribution in [-0.4, -0.2) is 33.1 Å². The topological polar surface area (TPSA) is 79.7 Å². The molecule has 6 nitrogen and oxygen atoms in total. The van der Waals surface area contributed by atoms with E-state index in [0.717, 1.165) is 37.1 Å². The Morgan fingerprint density at radius 3 is 2.65 bits per heavy atom. The monoisotopic (exact) mass is 374 g/mol. The maximum atomic E-state index is 13.2. The molecule has 0 radical (unpaired) electrons. The molecule has 1 aromatic carbocycles. The van der Waals surface area contributed by atoms with Gasteiger partial charge < -0.3 is 14.7 Å². The van der Waals surface area contributed by atoms with E-state index < -0.39 is 6.16 Å². The quantitative estimate of drug-likeness (QED) is 0.708. The number of hydrogen-bond acceptors (Lipinski definition) is 5. The molecule has 1 heterocycles. The van der Waals surface area contributed by atoms with Crippen LogP contribution in [0, 0.1) is 0 Å². The summed E-state index contributed by atoms with van der Waals surface area (Å²) in [6, 6.07) is 9.31. The molecule has 1 saturated carbocycles. The number of ether oxygens (including phenoxy) is 1. The molecular weight excluding hydrogens is 352 g/mol. The zero-order valence-corrected chi connectivity index (χ0v) is 15.4. The van der Waals surface area contributed by atoms with Crippen LogP contribution in [-0.2, 0) is 0 Å². The second-order valence-corrected chi connectivity index (χ2v) is 7.25. The van der Waals surface area contributed by atoms with Gasteiger partial charge in [-0.05, 0) is 37.8 Å². The molecule has 1 aliphatic carbocycles. The van der Waals surface area contributed by atoms with E-state index in [-0.39, 0.29) is 23.9 Å². The number of aromatic nitrogens is 1. The second-order valence-electron chi connectivity index (χ2n) is 6.36. The van der Waals surface area contributed by atoms with Gasteiger partial charge in [0, 0.05) is 11.6 Å². The Morgan fingerprint density at radius 2 is 2.08 bits per heavy atom. The van der Waals surface area contributed by atoms with Gasteiger partial charge in [-0.2, -0.15) is 0 Å². The van der Waals surface area contributed by atoms with Gasteiger partial charge in [-0.15, -0.1) is 11.3 Å². The molecule has 0 saturated heterocycles. The molecule has 1 aliphatic rings. The third-order valence-corrected chi connectivity index (χ3v) is 5.52. The standard InChI is InChI=1S/C19H22N2O4S/c1-2-7-15(17-20-16(12-26-17)25-19(23)24)21(14-10-6-11-14)18(22)13-8-4-3-5-9-13/h3-5,8-9,12,14-15H,2,6-7,10-11H2,1H3,(H,23,24). The van der Waals surface area contributed by atoms with E-state index in [1.165, 1.54) is 11.3 Å². The highest BCUT2D eigenvalue weighted by atomic mass is 32.1. The van der Waals surface area contributed by atoms with Crippen LogP contribution in [0.5, 0.6) is 5.88 Å². The van der Waals surface area contributed by atoms with Crippen molar-refractivity contribution in [3.05, 3.63) is 46.3 Å². The molecule has 2 aromatic rings. The molecule has 26 heavy (non-hydrogen) atoms. The van der Waals surface area contributed by atoms with Crippen LogP contribution in [0.3, 0.4) is 0 Å². The zero-order valence-electron chi connectivity index (χ0n) is 14.6. The number of thiazole rings is 1. The number of rotatable bonds is 7. The maximum absolute atomic E-state index is 13.2. The van der Waals surface area contributed by atoms with Crippen molar-refractivity contribution in [2.24, 2.45) is 0 Å². The Kier molecular flexibility index (Phi) is 5.88. The fraction of sp³-hybridized carbons (Fsp3) is 0.421. The lowest BCUT2D eigenvalue weighted by Crippen LogP contribution is -2.46. The average molecular weight is 374 g/mol.